The first-order valence-corrected chi connectivity index (χ1v) is 10.1. The van der Waals surface area contributed by atoms with Gasteiger partial charge in [-0.05, 0) is 13.3 Å². The Morgan fingerprint density at radius 3 is 2.75 bits per heavy atom. The van der Waals surface area contributed by atoms with Crippen molar-refractivity contribution in [3.8, 4) is 17.3 Å². The number of aromatic amines is 1. The zero-order chi connectivity index (χ0) is 20.1. The van der Waals surface area contributed by atoms with Crippen molar-refractivity contribution in [1.29, 1.82) is 5.26 Å². The second-order valence-corrected chi connectivity index (χ2v) is 8.07. The molecule has 8 nitrogen and oxygen atoms in total. The molecular formula is C18H16N6O2S2. The Kier molecular flexibility index (Phi) is 6.18. The van der Waals surface area contributed by atoms with Gasteiger partial charge in [-0.25, -0.2) is 4.98 Å². The number of nitrogens with zero attached hydrogens (tertiary/aromatic N) is 4. The number of anilines is 1. The lowest BCUT2D eigenvalue weighted by atomic mass is 10.1. The smallest absolute Gasteiger partial charge is 0.270 e. The molecule has 3 rings (SSSR count). The van der Waals surface area contributed by atoms with Crippen molar-refractivity contribution in [1.82, 2.24) is 20.2 Å². The topological polar surface area (TPSA) is 124 Å². The predicted molar refractivity (Wildman–Crippen MR) is 108 cm³/mol. The van der Waals surface area contributed by atoms with Crippen LogP contribution in [0.5, 0.6) is 0 Å². The van der Waals surface area contributed by atoms with Crippen LogP contribution in [0.2, 0.25) is 0 Å². The summed E-state index contributed by atoms with van der Waals surface area (Å²) in [6.07, 6.45) is 0.747. The zero-order valence-electron chi connectivity index (χ0n) is 15.1. The molecule has 1 atom stereocenters. The molecule has 2 N–H and O–H groups in total. The van der Waals surface area contributed by atoms with Gasteiger partial charge in [0.15, 0.2) is 5.16 Å². The van der Waals surface area contributed by atoms with Gasteiger partial charge in [-0.1, -0.05) is 60.4 Å². The fraction of sp³-hybridized carbons (Fsp3) is 0.222. The summed E-state index contributed by atoms with van der Waals surface area (Å²) in [4.78, 5) is 31.7. The highest BCUT2D eigenvalue weighted by Gasteiger charge is 2.20. The third kappa shape index (κ3) is 4.44. The van der Waals surface area contributed by atoms with E-state index in [1.54, 1.807) is 31.2 Å². The number of carbonyl (C=O) groups excluding carboxylic acids is 1. The van der Waals surface area contributed by atoms with Crippen LogP contribution < -0.4 is 10.9 Å². The van der Waals surface area contributed by atoms with Crippen molar-refractivity contribution < 1.29 is 4.79 Å². The average Bonchev–Trinajstić information content (AvgIpc) is 3.15. The molecule has 2 heterocycles. The van der Waals surface area contributed by atoms with Crippen molar-refractivity contribution in [3.63, 3.8) is 0 Å². The average molecular weight is 413 g/mol. The van der Waals surface area contributed by atoms with E-state index >= 15 is 0 Å². The van der Waals surface area contributed by atoms with Crippen molar-refractivity contribution in [3.05, 3.63) is 51.3 Å². The first-order valence-electron chi connectivity index (χ1n) is 8.41. The summed E-state index contributed by atoms with van der Waals surface area (Å²) >= 11 is 2.41. The third-order valence-electron chi connectivity index (χ3n) is 3.71. The molecule has 0 unspecified atom stereocenters. The Labute approximate surface area is 169 Å². The van der Waals surface area contributed by atoms with Gasteiger partial charge in [-0.3, -0.25) is 14.9 Å². The monoisotopic (exact) mass is 412 g/mol. The van der Waals surface area contributed by atoms with Crippen LogP contribution >= 0.6 is 23.1 Å². The number of amides is 1. The van der Waals surface area contributed by atoms with Crippen LogP contribution in [0.4, 0.5) is 5.13 Å². The minimum atomic E-state index is -0.548. The predicted octanol–water partition coefficient (Wildman–Crippen LogP) is 2.84. The first-order chi connectivity index (χ1) is 13.5. The Morgan fingerprint density at radius 1 is 1.36 bits per heavy atom. The molecule has 0 saturated carbocycles. The highest BCUT2D eigenvalue weighted by atomic mass is 32.2. The van der Waals surface area contributed by atoms with Gasteiger partial charge in [-0.2, -0.15) is 5.26 Å². The molecule has 2 aromatic heterocycles. The Hall–Kier alpha value is -3.03. The third-order valence-corrected chi connectivity index (χ3v) is 5.68. The molecule has 0 bridgehead atoms. The molecule has 142 valence electrons. The normalized spacial score (nSPS) is 11.6. The van der Waals surface area contributed by atoms with Crippen LogP contribution in [0.15, 0.2) is 40.3 Å². The summed E-state index contributed by atoms with van der Waals surface area (Å²) in [6, 6.07) is 10.9. The molecule has 0 saturated heterocycles. The molecule has 3 aromatic rings. The van der Waals surface area contributed by atoms with Gasteiger partial charge in [0.05, 0.1) is 10.9 Å². The van der Waals surface area contributed by atoms with Crippen LogP contribution in [0.3, 0.4) is 0 Å². The van der Waals surface area contributed by atoms with Gasteiger partial charge < -0.3 is 4.98 Å². The number of hydrogen-bond acceptors (Lipinski definition) is 8. The maximum absolute atomic E-state index is 12.4. The maximum atomic E-state index is 12.4. The first kappa shape index (κ1) is 19.7. The van der Waals surface area contributed by atoms with Crippen molar-refractivity contribution in [2.45, 2.75) is 30.7 Å². The van der Waals surface area contributed by atoms with E-state index in [0.717, 1.165) is 23.2 Å². The maximum Gasteiger partial charge on any atom is 0.270 e. The lowest BCUT2D eigenvalue weighted by molar-refractivity contribution is -0.115. The van der Waals surface area contributed by atoms with E-state index in [4.69, 9.17) is 0 Å². The number of nitriles is 1. The number of aryl methyl sites for hydroxylation is 1. The molecule has 0 aliphatic heterocycles. The Bertz CT molecular complexity index is 1090. The summed E-state index contributed by atoms with van der Waals surface area (Å²) < 4.78 is 0. The summed E-state index contributed by atoms with van der Waals surface area (Å²) in [5, 5.41) is 20.9. The van der Waals surface area contributed by atoms with Gasteiger partial charge in [0.2, 0.25) is 11.0 Å². The fourth-order valence-corrected chi connectivity index (χ4v) is 3.77. The van der Waals surface area contributed by atoms with Crippen LogP contribution in [0, 0.1) is 11.3 Å². The minimum Gasteiger partial charge on any atom is -0.300 e. The number of hydrogen-bond donors (Lipinski definition) is 2. The van der Waals surface area contributed by atoms with Crippen LogP contribution in [-0.4, -0.2) is 31.3 Å². The molecule has 0 aliphatic rings. The van der Waals surface area contributed by atoms with Gasteiger partial charge in [-0.15, -0.1) is 10.2 Å². The number of thioether (sulfide) groups is 1. The molecule has 1 amide bonds. The second-order valence-electron chi connectivity index (χ2n) is 5.68. The molecule has 28 heavy (non-hydrogen) atoms. The minimum absolute atomic E-state index is 0.0615. The molecule has 0 radical (unpaired) electrons. The highest BCUT2D eigenvalue weighted by Crippen LogP contribution is 2.25. The molecule has 0 spiro atoms. The van der Waals surface area contributed by atoms with E-state index in [9.17, 15) is 14.9 Å². The standard InChI is InChI=1S/C18H16N6O2S2/c1-3-13-23-24-18(28-13)21-15(25)10(2)27-17-20-14(11-7-5-4-6-8-11)12(9-19)16(26)22-17/h4-8,10H,3H2,1-2H3,(H,20,22,26)(H,21,24,25)/t10-/m0/s1. The van der Waals surface area contributed by atoms with E-state index < -0.39 is 10.8 Å². The van der Waals surface area contributed by atoms with Crippen LogP contribution in [-0.2, 0) is 11.2 Å². The molecule has 0 fully saturated rings. The van der Waals surface area contributed by atoms with E-state index in [1.807, 2.05) is 19.1 Å². The van der Waals surface area contributed by atoms with E-state index in [-0.39, 0.29) is 16.6 Å². The number of rotatable bonds is 6. The summed E-state index contributed by atoms with van der Waals surface area (Å²) in [6.45, 7) is 3.66. The lowest BCUT2D eigenvalue weighted by Gasteiger charge is -2.11. The summed E-state index contributed by atoms with van der Waals surface area (Å²) in [5.74, 6) is -0.280. The fourth-order valence-electron chi connectivity index (χ4n) is 2.29. The number of nitrogens with one attached hydrogen (secondary N) is 2. The zero-order valence-corrected chi connectivity index (χ0v) is 16.7. The van der Waals surface area contributed by atoms with E-state index in [1.165, 1.54) is 11.3 Å². The van der Waals surface area contributed by atoms with E-state index in [0.29, 0.717) is 16.4 Å². The van der Waals surface area contributed by atoms with Gasteiger partial charge in [0, 0.05) is 5.56 Å². The number of H-pyrrole nitrogens is 1. The summed E-state index contributed by atoms with van der Waals surface area (Å²) in [7, 11) is 0. The molecule has 1 aromatic carbocycles. The van der Waals surface area contributed by atoms with Crippen molar-refractivity contribution >= 4 is 34.1 Å². The quantitative estimate of drug-likeness (QED) is 0.471. The van der Waals surface area contributed by atoms with Crippen molar-refractivity contribution in [2.75, 3.05) is 5.32 Å². The Balaban J connectivity index is 1.82. The lowest BCUT2D eigenvalue weighted by Crippen LogP contribution is -2.23. The highest BCUT2D eigenvalue weighted by molar-refractivity contribution is 8.00. The molecule has 0 aliphatic carbocycles. The number of carbonyl (C=O) groups is 1. The second kappa shape index (κ2) is 8.77. The number of benzene rings is 1. The summed E-state index contributed by atoms with van der Waals surface area (Å²) in [5.41, 5.74) is 0.348. The van der Waals surface area contributed by atoms with Crippen LogP contribution in [0.25, 0.3) is 11.3 Å². The van der Waals surface area contributed by atoms with Crippen molar-refractivity contribution in [2.24, 2.45) is 0 Å². The van der Waals surface area contributed by atoms with Gasteiger partial charge in [0.1, 0.15) is 16.6 Å². The molecular weight excluding hydrogens is 396 g/mol. The SMILES string of the molecule is CCc1nnc(NC(=O)[C@H](C)Sc2nc(-c3ccccc3)c(C#N)c(=O)[nH]2)s1. The Morgan fingerprint density at radius 2 is 2.11 bits per heavy atom. The van der Waals surface area contributed by atoms with Gasteiger partial charge >= 0.3 is 0 Å². The number of aromatic nitrogens is 4. The van der Waals surface area contributed by atoms with E-state index in [2.05, 4.69) is 25.5 Å². The molecule has 10 heteroatoms. The van der Waals surface area contributed by atoms with Crippen LogP contribution in [0.1, 0.15) is 24.4 Å². The van der Waals surface area contributed by atoms with Gasteiger partial charge in [0.25, 0.3) is 5.56 Å². The largest absolute Gasteiger partial charge is 0.300 e.